The maximum atomic E-state index is 2.52. The van der Waals surface area contributed by atoms with Gasteiger partial charge in [-0.3, -0.25) is 0 Å². The van der Waals surface area contributed by atoms with Crippen LogP contribution in [0.25, 0.3) is 54.6 Å². The van der Waals surface area contributed by atoms with Crippen molar-refractivity contribution in [2.45, 2.75) is 10.8 Å². The van der Waals surface area contributed by atoms with E-state index >= 15 is 0 Å². The number of fused-ring (bicyclic) bond motifs is 6. The fraction of sp³-hybridized carbons (Fsp3) is 0.0233. The lowest BCUT2D eigenvalue weighted by Crippen LogP contribution is -1.96. The first-order valence-corrected chi connectivity index (χ1v) is 16.0. The van der Waals surface area contributed by atoms with Gasteiger partial charge in [0.25, 0.3) is 0 Å². The first-order valence-electron chi connectivity index (χ1n) is 15.2. The fourth-order valence-corrected chi connectivity index (χ4v) is 8.54. The smallest absolute Gasteiger partial charge is 0.0359 e. The van der Waals surface area contributed by atoms with Crippen LogP contribution in [0.15, 0.2) is 174 Å². The van der Waals surface area contributed by atoms with E-state index in [4.69, 9.17) is 0 Å². The molecule has 1 aliphatic carbocycles. The van der Waals surface area contributed by atoms with Crippen LogP contribution in [0, 0.1) is 0 Å². The van der Waals surface area contributed by atoms with Crippen LogP contribution < -0.4 is 0 Å². The summed E-state index contributed by atoms with van der Waals surface area (Å²) in [7, 11) is 0. The molecule has 0 bridgehead atoms. The van der Waals surface area contributed by atoms with E-state index in [-0.39, 0.29) is 5.92 Å². The number of benzene rings is 7. The lowest BCUT2D eigenvalue weighted by molar-refractivity contribution is 1.06. The van der Waals surface area contributed by atoms with Crippen LogP contribution in [-0.4, -0.2) is 0 Å². The molecule has 0 amide bonds. The molecule has 0 saturated heterocycles. The topological polar surface area (TPSA) is 0 Å². The number of thioether (sulfide) groups is 1. The summed E-state index contributed by atoms with van der Waals surface area (Å²) in [6.07, 6.45) is 7.24. The highest BCUT2D eigenvalue weighted by Crippen LogP contribution is 2.55. The van der Waals surface area contributed by atoms with Crippen molar-refractivity contribution >= 4 is 55.2 Å². The summed E-state index contributed by atoms with van der Waals surface area (Å²) < 4.78 is 0. The molecule has 2 aliphatic rings. The summed E-state index contributed by atoms with van der Waals surface area (Å²) in [5, 5.41) is 7.69. The molecule has 7 aromatic rings. The van der Waals surface area contributed by atoms with Gasteiger partial charge >= 0.3 is 0 Å². The largest absolute Gasteiger partial charge is 0.0926 e. The molecule has 1 atom stereocenters. The molecule has 9 rings (SSSR count). The molecule has 7 aromatic carbocycles. The highest BCUT2D eigenvalue weighted by atomic mass is 32.2. The third-order valence-electron chi connectivity index (χ3n) is 9.16. The molecule has 206 valence electrons. The minimum Gasteiger partial charge on any atom is -0.0926 e. The zero-order valence-electron chi connectivity index (χ0n) is 24.1. The van der Waals surface area contributed by atoms with E-state index in [0.29, 0.717) is 0 Å². The highest BCUT2D eigenvalue weighted by Gasteiger charge is 2.31. The number of hydrogen-bond acceptors (Lipinski definition) is 1. The average molecular weight is 577 g/mol. The second-order valence-electron chi connectivity index (χ2n) is 11.6. The van der Waals surface area contributed by atoms with Gasteiger partial charge in [-0.1, -0.05) is 170 Å². The maximum Gasteiger partial charge on any atom is 0.0359 e. The predicted octanol–water partition coefficient (Wildman–Crippen LogP) is 12.1. The van der Waals surface area contributed by atoms with Gasteiger partial charge in [0.05, 0.1) is 0 Å². The molecule has 0 saturated carbocycles. The van der Waals surface area contributed by atoms with Gasteiger partial charge in [0, 0.05) is 15.7 Å². The Morgan fingerprint density at radius 1 is 0.455 bits per heavy atom. The van der Waals surface area contributed by atoms with Crippen molar-refractivity contribution in [2.24, 2.45) is 0 Å². The van der Waals surface area contributed by atoms with Gasteiger partial charge in [-0.2, -0.15) is 0 Å². The lowest BCUT2D eigenvalue weighted by Gasteiger charge is -2.19. The van der Waals surface area contributed by atoms with Gasteiger partial charge < -0.3 is 0 Å². The van der Waals surface area contributed by atoms with Crippen molar-refractivity contribution in [3.63, 3.8) is 0 Å². The van der Waals surface area contributed by atoms with E-state index in [1.54, 1.807) is 0 Å². The van der Waals surface area contributed by atoms with Gasteiger partial charge in [-0.15, -0.1) is 0 Å². The first-order chi connectivity index (χ1) is 21.8. The first kappa shape index (κ1) is 25.4. The van der Waals surface area contributed by atoms with Gasteiger partial charge in [0.2, 0.25) is 0 Å². The second kappa shape index (κ2) is 10.3. The van der Waals surface area contributed by atoms with E-state index in [2.05, 4.69) is 164 Å². The number of hydrogen-bond donors (Lipinski definition) is 0. The van der Waals surface area contributed by atoms with Gasteiger partial charge in [0.15, 0.2) is 0 Å². The van der Waals surface area contributed by atoms with Crippen molar-refractivity contribution in [3.8, 4) is 11.1 Å². The SMILES string of the molecule is C1=CC(c2ccccc2)=C2Sc3ccccc3C2C=C1c1c2ccccc2c(-c2cccc3ccccc23)c2ccccc12. The van der Waals surface area contributed by atoms with Gasteiger partial charge in [-0.25, -0.2) is 0 Å². The Bertz CT molecular complexity index is 2290. The van der Waals surface area contributed by atoms with Crippen molar-refractivity contribution in [2.75, 3.05) is 0 Å². The van der Waals surface area contributed by atoms with Gasteiger partial charge in [0.1, 0.15) is 0 Å². The van der Waals surface area contributed by atoms with Crippen molar-refractivity contribution < 1.29 is 0 Å². The summed E-state index contributed by atoms with van der Waals surface area (Å²) in [6.45, 7) is 0. The third kappa shape index (κ3) is 3.93. The molecule has 1 heterocycles. The molecule has 1 heteroatoms. The van der Waals surface area contributed by atoms with E-state index in [1.807, 2.05) is 11.8 Å². The van der Waals surface area contributed by atoms with E-state index < -0.39 is 0 Å². The van der Waals surface area contributed by atoms with E-state index in [1.165, 1.54) is 81.1 Å². The highest BCUT2D eigenvalue weighted by molar-refractivity contribution is 8.03. The van der Waals surface area contributed by atoms with Gasteiger partial charge in [-0.05, 0) is 77.3 Å². The molecule has 0 spiro atoms. The standard InChI is InChI=1S/C43H28S/c1-2-13-29(14-3-1)32-26-25-30(27-39-33-18-10-11-24-40(33)44-43(32)39)41-35-19-6-8-21-37(35)42(38-22-9-7-20-36(38)41)34-23-12-16-28-15-4-5-17-31(28)34/h1-27,39H. The van der Waals surface area contributed by atoms with E-state index in [9.17, 15) is 0 Å². The molecule has 1 unspecified atom stereocenters. The monoisotopic (exact) mass is 576 g/mol. The third-order valence-corrected chi connectivity index (χ3v) is 10.4. The van der Waals surface area contributed by atoms with Crippen molar-refractivity contribution in [1.82, 2.24) is 0 Å². The molecule has 0 aromatic heterocycles. The molecule has 0 radical (unpaired) electrons. The van der Waals surface area contributed by atoms with Crippen LogP contribution >= 0.6 is 11.8 Å². The Morgan fingerprint density at radius 3 is 1.80 bits per heavy atom. The summed E-state index contributed by atoms with van der Waals surface area (Å²) in [4.78, 5) is 2.76. The molecule has 0 nitrogen and oxygen atoms in total. The number of rotatable bonds is 3. The minimum absolute atomic E-state index is 0.201. The number of allylic oxidation sites excluding steroid dienone is 6. The lowest BCUT2D eigenvalue weighted by atomic mass is 9.83. The normalized spacial score (nSPS) is 15.8. The summed E-state index contributed by atoms with van der Waals surface area (Å²) in [5.74, 6) is 0.201. The van der Waals surface area contributed by atoms with Crippen LogP contribution in [-0.2, 0) is 0 Å². The molecular formula is C43H28S. The Hall–Kier alpha value is -5.11. The molecule has 0 fully saturated rings. The van der Waals surface area contributed by atoms with Crippen molar-refractivity contribution in [1.29, 1.82) is 0 Å². The molecule has 0 N–H and O–H groups in total. The van der Waals surface area contributed by atoms with Crippen LogP contribution in [0.4, 0.5) is 0 Å². The predicted molar refractivity (Wildman–Crippen MR) is 190 cm³/mol. The minimum atomic E-state index is 0.201. The second-order valence-corrected chi connectivity index (χ2v) is 12.7. The Morgan fingerprint density at radius 2 is 1.05 bits per heavy atom. The Kier molecular flexibility index (Phi) is 5.92. The van der Waals surface area contributed by atoms with Crippen LogP contribution in [0.2, 0.25) is 0 Å². The zero-order chi connectivity index (χ0) is 29.0. The Labute approximate surface area is 261 Å². The van der Waals surface area contributed by atoms with Crippen LogP contribution in [0.3, 0.4) is 0 Å². The summed E-state index contributed by atoms with van der Waals surface area (Å²) in [6, 6.07) is 53.2. The summed E-state index contributed by atoms with van der Waals surface area (Å²) >= 11 is 1.93. The average Bonchev–Trinajstić information content (AvgIpc) is 3.34. The quantitative estimate of drug-likeness (QED) is 0.189. The summed E-state index contributed by atoms with van der Waals surface area (Å²) in [5.41, 5.74) is 9.13. The molecular weight excluding hydrogens is 549 g/mol. The van der Waals surface area contributed by atoms with E-state index in [0.717, 1.165) is 0 Å². The fourth-order valence-electron chi connectivity index (χ4n) is 7.23. The van der Waals surface area contributed by atoms with Crippen LogP contribution in [0.5, 0.6) is 0 Å². The Balaban J connectivity index is 1.35. The van der Waals surface area contributed by atoms with Crippen LogP contribution in [0.1, 0.15) is 22.6 Å². The van der Waals surface area contributed by atoms with Crippen molar-refractivity contribution in [3.05, 3.63) is 185 Å². The molecule has 44 heavy (non-hydrogen) atoms. The molecule has 1 aliphatic heterocycles. The zero-order valence-corrected chi connectivity index (χ0v) is 24.9. The maximum absolute atomic E-state index is 2.52.